The summed E-state index contributed by atoms with van der Waals surface area (Å²) < 4.78 is 70.8. The molecule has 0 saturated heterocycles. The number of anilines is 1. The molecule has 1 saturated carbocycles. The summed E-state index contributed by atoms with van der Waals surface area (Å²) in [5, 5.41) is 2.47. The minimum atomic E-state index is -4.43. The van der Waals surface area contributed by atoms with Gasteiger partial charge in [-0.15, -0.1) is 0 Å². The molecule has 0 bridgehead atoms. The fourth-order valence-electron chi connectivity index (χ4n) is 4.28. The fraction of sp³-hybridized carbons (Fsp3) is 0.296. The predicted octanol–water partition coefficient (Wildman–Crippen LogP) is 5.15. The number of amides is 1. The minimum absolute atomic E-state index is 0.0612. The Hall–Kier alpha value is -4.19. The van der Waals surface area contributed by atoms with Crippen molar-refractivity contribution in [2.45, 2.75) is 30.9 Å². The Morgan fingerprint density at radius 1 is 1.15 bits per heavy atom. The Balaban J connectivity index is 1.29. The number of aromatic nitrogens is 2. The van der Waals surface area contributed by atoms with Crippen LogP contribution in [0.25, 0.3) is 22.3 Å². The third-order valence-corrected chi connectivity index (χ3v) is 6.55. The molecule has 1 aliphatic carbocycles. The third-order valence-electron chi connectivity index (χ3n) is 6.55. The topological polar surface area (TPSA) is 112 Å². The number of carbonyl (C=O) groups excluding carboxylic acids is 1. The Morgan fingerprint density at radius 3 is 2.59 bits per heavy atom. The number of furan rings is 1. The molecule has 0 spiro atoms. The van der Waals surface area contributed by atoms with E-state index in [4.69, 9.17) is 19.6 Å². The van der Waals surface area contributed by atoms with Gasteiger partial charge < -0.3 is 24.9 Å². The fourth-order valence-corrected chi connectivity index (χ4v) is 4.28. The molecule has 5 rings (SSSR count). The molecule has 1 fully saturated rings. The molecule has 12 heteroatoms. The van der Waals surface area contributed by atoms with E-state index in [-0.39, 0.29) is 36.3 Å². The average Bonchev–Trinajstić information content (AvgIpc) is 3.61. The van der Waals surface area contributed by atoms with Crippen molar-refractivity contribution in [3.05, 3.63) is 66.0 Å². The number of nitrogens with zero attached hydrogens (tertiary/aromatic N) is 2. The van der Waals surface area contributed by atoms with Gasteiger partial charge in [-0.3, -0.25) is 9.78 Å². The lowest BCUT2D eigenvalue weighted by Crippen LogP contribution is -2.28. The van der Waals surface area contributed by atoms with Crippen LogP contribution in [0.2, 0.25) is 0 Å². The van der Waals surface area contributed by atoms with E-state index in [9.17, 15) is 22.4 Å². The number of ether oxygens (including phenoxy) is 2. The van der Waals surface area contributed by atoms with E-state index in [0.29, 0.717) is 46.9 Å². The molecule has 4 aromatic rings. The molecule has 1 amide bonds. The first kappa shape index (κ1) is 26.4. The molecule has 204 valence electrons. The Kier molecular flexibility index (Phi) is 6.89. The number of methoxy groups -OCH3 is 1. The van der Waals surface area contributed by atoms with Gasteiger partial charge in [0.25, 0.3) is 0 Å². The van der Waals surface area contributed by atoms with Gasteiger partial charge in [-0.1, -0.05) is 12.1 Å². The maximum absolute atomic E-state index is 14.9. The highest BCUT2D eigenvalue weighted by molar-refractivity contribution is 5.92. The zero-order valence-electron chi connectivity index (χ0n) is 20.8. The van der Waals surface area contributed by atoms with Crippen molar-refractivity contribution in [1.82, 2.24) is 9.97 Å². The Labute approximate surface area is 220 Å². The first-order chi connectivity index (χ1) is 18.6. The first-order valence-electron chi connectivity index (χ1n) is 12.1. The van der Waals surface area contributed by atoms with Crippen LogP contribution in [-0.4, -0.2) is 42.3 Å². The van der Waals surface area contributed by atoms with Gasteiger partial charge >= 0.3 is 6.18 Å². The van der Waals surface area contributed by atoms with Crippen LogP contribution in [0.15, 0.2) is 53.3 Å². The van der Waals surface area contributed by atoms with Crippen molar-refractivity contribution in [3.63, 3.8) is 0 Å². The molecule has 2 aromatic carbocycles. The van der Waals surface area contributed by atoms with Crippen LogP contribution in [0, 0.1) is 5.82 Å². The molecule has 8 nitrogen and oxygen atoms in total. The number of hydrogen-bond acceptors (Lipinski definition) is 7. The van der Waals surface area contributed by atoms with Gasteiger partial charge in [0.2, 0.25) is 5.91 Å². The van der Waals surface area contributed by atoms with Crippen molar-refractivity contribution in [2.75, 3.05) is 25.6 Å². The van der Waals surface area contributed by atoms with Crippen LogP contribution in [0.5, 0.6) is 11.5 Å². The predicted molar refractivity (Wildman–Crippen MR) is 134 cm³/mol. The van der Waals surface area contributed by atoms with Gasteiger partial charge in [0.05, 0.1) is 42.1 Å². The summed E-state index contributed by atoms with van der Waals surface area (Å²) in [5.41, 5.74) is 5.59. The molecule has 0 radical (unpaired) electrons. The first-order valence-corrected chi connectivity index (χ1v) is 12.1. The highest BCUT2D eigenvalue weighted by Crippen LogP contribution is 2.59. The number of rotatable bonds is 9. The Bertz CT molecular complexity index is 1530. The van der Waals surface area contributed by atoms with Gasteiger partial charge in [0.15, 0.2) is 11.5 Å². The minimum Gasteiger partial charge on any atom is -0.493 e. The number of nitrogens with two attached hydrogens (primary N) is 1. The molecule has 39 heavy (non-hydrogen) atoms. The second kappa shape index (κ2) is 10.2. The van der Waals surface area contributed by atoms with Crippen LogP contribution >= 0.6 is 0 Å². The second-order valence-corrected chi connectivity index (χ2v) is 9.19. The van der Waals surface area contributed by atoms with E-state index in [1.165, 1.54) is 31.5 Å². The number of nitrogens with one attached hydrogen (secondary N) is 1. The molecule has 3 N–H and O–H groups in total. The Morgan fingerprint density at radius 2 is 1.92 bits per heavy atom. The van der Waals surface area contributed by atoms with E-state index in [2.05, 4.69) is 15.3 Å². The number of fused-ring (bicyclic) bond motifs is 1. The summed E-state index contributed by atoms with van der Waals surface area (Å²) >= 11 is 0. The van der Waals surface area contributed by atoms with Gasteiger partial charge in [-0.05, 0) is 24.5 Å². The quantitative estimate of drug-likeness (QED) is 0.280. The van der Waals surface area contributed by atoms with Crippen molar-refractivity contribution in [2.24, 2.45) is 5.73 Å². The average molecular weight is 545 g/mol. The van der Waals surface area contributed by atoms with Gasteiger partial charge in [-0.2, -0.15) is 13.2 Å². The molecule has 0 aliphatic heterocycles. The zero-order chi connectivity index (χ0) is 27.8. The molecule has 2 aromatic heterocycles. The van der Waals surface area contributed by atoms with E-state index < -0.39 is 23.3 Å². The smallest absolute Gasteiger partial charge is 0.401 e. The monoisotopic (exact) mass is 544 g/mol. The van der Waals surface area contributed by atoms with Crippen LogP contribution in [0.1, 0.15) is 24.2 Å². The van der Waals surface area contributed by atoms with E-state index >= 15 is 0 Å². The summed E-state index contributed by atoms with van der Waals surface area (Å²) in [6.07, 6.45) is -2.34. The summed E-state index contributed by atoms with van der Waals surface area (Å²) in [5.74, 6) is -0.560. The van der Waals surface area contributed by atoms with Crippen molar-refractivity contribution in [1.29, 1.82) is 0 Å². The van der Waals surface area contributed by atoms with E-state index in [0.717, 1.165) is 6.26 Å². The van der Waals surface area contributed by atoms with E-state index in [1.54, 1.807) is 18.2 Å². The maximum Gasteiger partial charge on any atom is 0.401 e. The number of hydrogen-bond donors (Lipinski definition) is 2. The molecule has 0 atom stereocenters. The molecular formula is C27H24F4N4O4. The lowest BCUT2D eigenvalue weighted by Gasteiger charge is -2.15. The third kappa shape index (κ3) is 5.24. The largest absolute Gasteiger partial charge is 0.493 e. The van der Waals surface area contributed by atoms with Crippen LogP contribution in [0.4, 0.5) is 23.2 Å². The van der Waals surface area contributed by atoms with Crippen molar-refractivity contribution >= 4 is 22.6 Å². The van der Waals surface area contributed by atoms with Gasteiger partial charge in [-0.25, -0.2) is 9.37 Å². The number of benzene rings is 2. The van der Waals surface area contributed by atoms with Gasteiger partial charge in [0.1, 0.15) is 29.9 Å². The van der Waals surface area contributed by atoms with Gasteiger partial charge in [0, 0.05) is 30.3 Å². The van der Waals surface area contributed by atoms with Crippen molar-refractivity contribution < 1.29 is 36.2 Å². The summed E-state index contributed by atoms with van der Waals surface area (Å²) in [4.78, 5) is 21.4. The standard InChI is InChI=1S/C27H24F4N4O4/c1-37-22-12-20-19(11-23(22)38-7-6-32)33-13-21(35-20)16-3-2-15(18(28)8-16)9-25(36)34-17-10-24(39-14-17)26(4-5-26)27(29,30)31/h2-3,8,10-14H,4-7,9,32H2,1H3,(H,34,36). The van der Waals surface area contributed by atoms with Crippen LogP contribution < -0.4 is 20.5 Å². The highest BCUT2D eigenvalue weighted by atomic mass is 19.4. The maximum atomic E-state index is 14.9. The summed E-state index contributed by atoms with van der Waals surface area (Å²) in [6, 6.07) is 8.80. The SMILES string of the molecule is COc1cc2nc(-c3ccc(CC(=O)Nc4coc(C5(C(F)(F)F)CC5)c4)c(F)c3)cnc2cc1OCCN. The number of alkyl halides is 3. The lowest BCUT2D eigenvalue weighted by atomic mass is 10.0. The zero-order valence-corrected chi connectivity index (χ0v) is 20.8. The molecule has 2 heterocycles. The summed E-state index contributed by atoms with van der Waals surface area (Å²) in [7, 11) is 1.50. The van der Waals surface area contributed by atoms with Crippen LogP contribution in [-0.2, 0) is 16.6 Å². The number of carbonyl (C=O) groups is 1. The number of halogens is 4. The normalized spacial score (nSPS) is 14.3. The second-order valence-electron chi connectivity index (χ2n) is 9.19. The highest BCUT2D eigenvalue weighted by Gasteiger charge is 2.66. The molecule has 0 unspecified atom stereocenters. The summed E-state index contributed by atoms with van der Waals surface area (Å²) in [6.45, 7) is 0.640. The van der Waals surface area contributed by atoms with E-state index in [1.807, 2.05) is 0 Å². The lowest BCUT2D eigenvalue weighted by molar-refractivity contribution is -0.164. The van der Waals surface area contributed by atoms with Crippen molar-refractivity contribution in [3.8, 4) is 22.8 Å². The molecule has 1 aliphatic rings. The molecular weight excluding hydrogens is 520 g/mol. The van der Waals surface area contributed by atoms with Crippen LogP contribution in [0.3, 0.4) is 0 Å².